The Labute approximate surface area is 156 Å². The molecular formula is C20H32N4O2. The van der Waals surface area contributed by atoms with Crippen LogP contribution in [0.25, 0.3) is 0 Å². The zero-order valence-corrected chi connectivity index (χ0v) is 16.2. The van der Waals surface area contributed by atoms with Gasteiger partial charge in [0.1, 0.15) is 0 Å². The molecule has 6 nitrogen and oxygen atoms in total. The molecule has 1 unspecified atom stereocenters. The number of nitrogens with one attached hydrogen (secondary N) is 1. The Hall–Kier alpha value is -1.85. The van der Waals surface area contributed by atoms with Crippen LogP contribution in [0.4, 0.5) is 0 Å². The van der Waals surface area contributed by atoms with Crippen LogP contribution in [0.3, 0.4) is 0 Å². The molecule has 3 heterocycles. The summed E-state index contributed by atoms with van der Waals surface area (Å²) < 4.78 is 0. The largest absolute Gasteiger partial charge is 0.348 e. The van der Waals surface area contributed by atoms with Crippen molar-refractivity contribution < 1.29 is 9.59 Å². The third kappa shape index (κ3) is 4.46. The van der Waals surface area contributed by atoms with Crippen molar-refractivity contribution >= 4 is 11.8 Å². The van der Waals surface area contributed by atoms with Gasteiger partial charge in [-0.1, -0.05) is 20.3 Å². The average molecular weight is 361 g/mol. The monoisotopic (exact) mass is 360 g/mol. The number of aromatic amines is 1. The second kappa shape index (κ2) is 8.23. The van der Waals surface area contributed by atoms with E-state index in [0.717, 1.165) is 64.0 Å². The molecule has 3 rings (SSSR count). The van der Waals surface area contributed by atoms with Crippen molar-refractivity contribution in [2.45, 2.75) is 58.8 Å². The summed E-state index contributed by atoms with van der Waals surface area (Å²) in [5, 5.41) is 0. The van der Waals surface area contributed by atoms with Gasteiger partial charge < -0.3 is 14.8 Å². The van der Waals surface area contributed by atoms with Gasteiger partial charge in [0.2, 0.25) is 11.8 Å². The van der Waals surface area contributed by atoms with Gasteiger partial charge in [0.15, 0.2) is 0 Å². The third-order valence-corrected chi connectivity index (χ3v) is 6.35. The van der Waals surface area contributed by atoms with Gasteiger partial charge in [0, 0.05) is 57.3 Å². The molecule has 1 aromatic heterocycles. The zero-order valence-electron chi connectivity index (χ0n) is 16.2. The number of rotatable bonds is 6. The lowest BCUT2D eigenvalue weighted by Crippen LogP contribution is -2.52. The highest BCUT2D eigenvalue weighted by Gasteiger charge is 2.41. The number of nitrogens with zero attached hydrogens (tertiary/aromatic N) is 3. The first-order valence-electron chi connectivity index (χ1n) is 10.0. The highest BCUT2D eigenvalue weighted by atomic mass is 16.2. The number of amides is 2. The first kappa shape index (κ1) is 18.9. The predicted molar refractivity (Wildman–Crippen MR) is 100 cm³/mol. The molecule has 1 aromatic rings. The summed E-state index contributed by atoms with van der Waals surface area (Å²) in [6, 6.07) is 0. The molecule has 0 bridgehead atoms. The maximum atomic E-state index is 12.4. The average Bonchev–Trinajstić information content (AvgIpc) is 3.16. The van der Waals surface area contributed by atoms with E-state index in [-0.39, 0.29) is 11.3 Å². The molecule has 26 heavy (non-hydrogen) atoms. The molecule has 2 saturated heterocycles. The quantitative estimate of drug-likeness (QED) is 0.848. The summed E-state index contributed by atoms with van der Waals surface area (Å²) >= 11 is 0. The van der Waals surface area contributed by atoms with Gasteiger partial charge in [-0.25, -0.2) is 4.98 Å². The molecule has 1 atom stereocenters. The number of imidazole rings is 1. The summed E-state index contributed by atoms with van der Waals surface area (Å²) in [6.45, 7) is 7.57. The molecule has 0 aromatic carbocycles. The van der Waals surface area contributed by atoms with Gasteiger partial charge in [0.25, 0.3) is 0 Å². The van der Waals surface area contributed by atoms with E-state index in [2.05, 4.69) is 23.8 Å². The summed E-state index contributed by atoms with van der Waals surface area (Å²) in [5.74, 6) is 1.03. The van der Waals surface area contributed by atoms with Crippen LogP contribution >= 0.6 is 0 Å². The van der Waals surface area contributed by atoms with Gasteiger partial charge in [-0.3, -0.25) is 9.59 Å². The lowest BCUT2D eigenvalue weighted by Gasteiger charge is -2.47. The molecule has 2 aliphatic heterocycles. The second-order valence-electron chi connectivity index (χ2n) is 8.24. The van der Waals surface area contributed by atoms with Crippen LogP contribution in [0.1, 0.15) is 58.1 Å². The fourth-order valence-electron chi connectivity index (χ4n) is 4.19. The maximum absolute atomic E-state index is 12.4. The number of aromatic nitrogens is 2. The Morgan fingerprint density at radius 2 is 2.12 bits per heavy atom. The van der Waals surface area contributed by atoms with Crippen molar-refractivity contribution in [3.63, 3.8) is 0 Å². The topological polar surface area (TPSA) is 69.3 Å². The van der Waals surface area contributed by atoms with Gasteiger partial charge in [0.05, 0.1) is 6.33 Å². The van der Waals surface area contributed by atoms with Gasteiger partial charge in [-0.05, 0) is 30.6 Å². The van der Waals surface area contributed by atoms with E-state index in [1.54, 1.807) is 6.33 Å². The van der Waals surface area contributed by atoms with Gasteiger partial charge >= 0.3 is 0 Å². The Kier molecular flexibility index (Phi) is 5.99. The molecule has 0 aliphatic carbocycles. The van der Waals surface area contributed by atoms with Gasteiger partial charge in [-0.2, -0.15) is 0 Å². The standard InChI is InChI=1S/C20H32N4O2/c1-3-16(2)12-19(26)23-10-7-20(8-11-23)6-4-18(25)24(14-20)9-5-17-13-21-15-22-17/h13,15-16H,3-12,14H2,1-2H3,(H,21,22). The van der Waals surface area contributed by atoms with Crippen molar-refractivity contribution in [3.8, 4) is 0 Å². The van der Waals surface area contributed by atoms with Crippen molar-refractivity contribution in [1.29, 1.82) is 0 Å². The van der Waals surface area contributed by atoms with E-state index in [4.69, 9.17) is 0 Å². The Morgan fingerprint density at radius 1 is 1.35 bits per heavy atom. The van der Waals surface area contributed by atoms with E-state index in [0.29, 0.717) is 24.7 Å². The first-order valence-corrected chi connectivity index (χ1v) is 10.0. The predicted octanol–water partition coefficient (Wildman–Crippen LogP) is 2.62. The summed E-state index contributed by atoms with van der Waals surface area (Å²) in [5.41, 5.74) is 1.28. The van der Waals surface area contributed by atoms with Crippen molar-refractivity contribution in [1.82, 2.24) is 19.8 Å². The van der Waals surface area contributed by atoms with E-state index < -0.39 is 0 Å². The van der Waals surface area contributed by atoms with Crippen LogP contribution in [-0.4, -0.2) is 57.8 Å². The molecule has 2 amide bonds. The van der Waals surface area contributed by atoms with Crippen molar-refractivity contribution in [2.75, 3.05) is 26.2 Å². The maximum Gasteiger partial charge on any atom is 0.222 e. The highest BCUT2D eigenvalue weighted by molar-refractivity contribution is 5.77. The Morgan fingerprint density at radius 3 is 2.77 bits per heavy atom. The minimum atomic E-state index is 0.203. The molecule has 2 aliphatic rings. The van der Waals surface area contributed by atoms with E-state index in [1.807, 2.05) is 16.0 Å². The van der Waals surface area contributed by atoms with Crippen LogP contribution in [0.5, 0.6) is 0 Å². The fraction of sp³-hybridized carbons (Fsp3) is 0.750. The number of carbonyl (C=O) groups is 2. The number of likely N-dealkylation sites (tertiary alicyclic amines) is 2. The first-order chi connectivity index (χ1) is 12.5. The number of hydrogen-bond acceptors (Lipinski definition) is 3. The van der Waals surface area contributed by atoms with E-state index in [9.17, 15) is 9.59 Å². The highest BCUT2D eigenvalue weighted by Crippen LogP contribution is 2.40. The lowest BCUT2D eigenvalue weighted by atomic mass is 9.72. The van der Waals surface area contributed by atoms with Crippen LogP contribution in [0, 0.1) is 11.3 Å². The van der Waals surface area contributed by atoms with Crippen LogP contribution in [-0.2, 0) is 16.0 Å². The minimum Gasteiger partial charge on any atom is -0.348 e. The number of H-pyrrole nitrogens is 1. The summed E-state index contributed by atoms with van der Waals surface area (Å²) in [4.78, 5) is 36.0. The molecular weight excluding hydrogens is 328 g/mol. The fourth-order valence-corrected chi connectivity index (χ4v) is 4.19. The third-order valence-electron chi connectivity index (χ3n) is 6.35. The van der Waals surface area contributed by atoms with Crippen molar-refractivity contribution in [2.24, 2.45) is 11.3 Å². The second-order valence-corrected chi connectivity index (χ2v) is 8.24. The molecule has 0 saturated carbocycles. The lowest BCUT2D eigenvalue weighted by molar-refractivity contribution is -0.142. The van der Waals surface area contributed by atoms with Crippen LogP contribution in [0.2, 0.25) is 0 Å². The Bertz CT molecular complexity index is 605. The van der Waals surface area contributed by atoms with E-state index in [1.165, 1.54) is 0 Å². The molecule has 2 fully saturated rings. The SMILES string of the molecule is CCC(C)CC(=O)N1CCC2(CCC(=O)N(CCc3cnc[nH]3)C2)CC1. The normalized spacial score (nSPS) is 21.2. The summed E-state index contributed by atoms with van der Waals surface area (Å²) in [7, 11) is 0. The molecule has 1 spiro atoms. The minimum absolute atomic E-state index is 0.203. The van der Waals surface area contributed by atoms with Crippen LogP contribution < -0.4 is 0 Å². The number of hydrogen-bond donors (Lipinski definition) is 1. The number of piperidine rings is 2. The van der Waals surface area contributed by atoms with Crippen LogP contribution in [0.15, 0.2) is 12.5 Å². The summed E-state index contributed by atoms with van der Waals surface area (Å²) in [6.07, 6.45) is 9.70. The zero-order chi connectivity index (χ0) is 18.6. The smallest absolute Gasteiger partial charge is 0.222 e. The van der Waals surface area contributed by atoms with E-state index >= 15 is 0 Å². The molecule has 144 valence electrons. The molecule has 6 heteroatoms. The van der Waals surface area contributed by atoms with Crippen molar-refractivity contribution in [3.05, 3.63) is 18.2 Å². The van der Waals surface area contributed by atoms with Gasteiger partial charge in [-0.15, -0.1) is 0 Å². The molecule has 1 N–H and O–H groups in total. The molecule has 0 radical (unpaired) electrons. The Balaban J connectivity index is 1.52. The number of carbonyl (C=O) groups excluding carboxylic acids is 2.